The number of methoxy groups -OCH3 is 1. The van der Waals surface area contributed by atoms with Crippen molar-refractivity contribution in [2.45, 2.75) is 31.4 Å². The number of nitrogens with zero attached hydrogens (tertiary/aromatic N) is 3. The van der Waals surface area contributed by atoms with E-state index >= 15 is 0 Å². The van der Waals surface area contributed by atoms with E-state index in [2.05, 4.69) is 10.2 Å². The Hall–Kier alpha value is -2.49. The van der Waals surface area contributed by atoms with Gasteiger partial charge in [0.2, 0.25) is 0 Å². The molecule has 4 rings (SSSR count). The van der Waals surface area contributed by atoms with Crippen LogP contribution >= 0.6 is 0 Å². The van der Waals surface area contributed by atoms with Gasteiger partial charge < -0.3 is 19.7 Å². The summed E-state index contributed by atoms with van der Waals surface area (Å²) < 4.78 is 10.9. The van der Waals surface area contributed by atoms with Gasteiger partial charge in [-0.2, -0.15) is 0 Å². The van der Waals surface area contributed by atoms with Crippen molar-refractivity contribution in [2.24, 2.45) is 5.92 Å². The fraction of sp³-hybridized carbons (Fsp3) is 0.625. The van der Waals surface area contributed by atoms with Crippen LogP contribution in [0.2, 0.25) is 0 Å². The largest absolute Gasteiger partial charge is 0.379 e. The Kier molecular flexibility index (Phi) is 7.31. The molecular formula is C24H34N4O5. The van der Waals surface area contributed by atoms with Crippen molar-refractivity contribution in [3.63, 3.8) is 0 Å². The van der Waals surface area contributed by atoms with E-state index in [1.807, 2.05) is 37.3 Å². The highest BCUT2D eigenvalue weighted by atomic mass is 16.5. The number of rotatable bonds is 7. The number of carbonyl (C=O) groups is 3. The molecule has 1 aromatic rings. The molecule has 2 unspecified atom stereocenters. The van der Waals surface area contributed by atoms with Gasteiger partial charge in [0, 0.05) is 46.4 Å². The van der Waals surface area contributed by atoms with Gasteiger partial charge in [0.15, 0.2) is 6.10 Å². The molecule has 3 fully saturated rings. The number of benzene rings is 1. The highest BCUT2D eigenvalue weighted by Crippen LogP contribution is 2.34. The van der Waals surface area contributed by atoms with Crippen LogP contribution in [0.1, 0.15) is 31.4 Å². The average molecular weight is 459 g/mol. The molecule has 3 aliphatic rings. The molecule has 0 aliphatic carbocycles. The summed E-state index contributed by atoms with van der Waals surface area (Å²) in [6.45, 7) is 6.93. The van der Waals surface area contributed by atoms with Crippen molar-refractivity contribution in [1.29, 1.82) is 0 Å². The van der Waals surface area contributed by atoms with Gasteiger partial charge in [-0.1, -0.05) is 30.3 Å². The molecular weight excluding hydrogens is 424 g/mol. The van der Waals surface area contributed by atoms with E-state index in [4.69, 9.17) is 9.47 Å². The van der Waals surface area contributed by atoms with Crippen LogP contribution in [0.4, 0.5) is 4.79 Å². The van der Waals surface area contributed by atoms with Crippen LogP contribution in [0.15, 0.2) is 30.3 Å². The fourth-order valence-electron chi connectivity index (χ4n) is 5.11. The third kappa shape index (κ3) is 4.90. The van der Waals surface area contributed by atoms with Crippen LogP contribution < -0.4 is 5.32 Å². The number of urea groups is 1. The minimum absolute atomic E-state index is 0.0240. The highest BCUT2D eigenvalue weighted by Gasteiger charge is 2.53. The quantitative estimate of drug-likeness (QED) is 0.619. The maximum Gasteiger partial charge on any atom is 0.325 e. The molecule has 9 nitrogen and oxygen atoms in total. The molecule has 0 bridgehead atoms. The summed E-state index contributed by atoms with van der Waals surface area (Å²) in [4.78, 5) is 44.4. The van der Waals surface area contributed by atoms with Crippen LogP contribution in [0.25, 0.3) is 0 Å². The highest BCUT2D eigenvalue weighted by molar-refractivity contribution is 6.07. The number of imide groups is 1. The first-order valence-corrected chi connectivity index (χ1v) is 11.7. The van der Waals surface area contributed by atoms with E-state index in [9.17, 15) is 14.4 Å². The second kappa shape index (κ2) is 10.2. The molecule has 4 amide bonds. The molecule has 9 heteroatoms. The normalized spacial score (nSPS) is 25.9. The van der Waals surface area contributed by atoms with Crippen molar-refractivity contribution < 1.29 is 23.9 Å². The van der Waals surface area contributed by atoms with E-state index in [0.717, 1.165) is 18.7 Å². The summed E-state index contributed by atoms with van der Waals surface area (Å²) in [6.07, 6.45) is 0.662. The lowest BCUT2D eigenvalue weighted by atomic mass is 9.78. The van der Waals surface area contributed by atoms with Crippen LogP contribution in [-0.2, 0) is 19.1 Å². The molecule has 0 aromatic heterocycles. The van der Waals surface area contributed by atoms with Crippen molar-refractivity contribution in [2.75, 3.05) is 59.6 Å². The van der Waals surface area contributed by atoms with Crippen LogP contribution in [0.5, 0.6) is 0 Å². The van der Waals surface area contributed by atoms with Gasteiger partial charge in [0.1, 0.15) is 5.54 Å². The van der Waals surface area contributed by atoms with Crippen LogP contribution in [-0.4, -0.2) is 97.7 Å². The van der Waals surface area contributed by atoms with Gasteiger partial charge in [0.25, 0.3) is 11.8 Å². The second-order valence-corrected chi connectivity index (χ2v) is 9.17. The molecule has 0 saturated carbocycles. The summed E-state index contributed by atoms with van der Waals surface area (Å²) in [5.74, 6) is -0.255. The Morgan fingerprint density at radius 3 is 2.42 bits per heavy atom. The third-order valence-electron chi connectivity index (χ3n) is 7.23. The number of nitrogens with one attached hydrogen (secondary N) is 1. The number of hydrogen-bond acceptors (Lipinski definition) is 6. The monoisotopic (exact) mass is 458 g/mol. The van der Waals surface area contributed by atoms with E-state index < -0.39 is 11.6 Å². The first-order chi connectivity index (χ1) is 15.9. The number of likely N-dealkylation sites (tertiary alicyclic amines) is 1. The number of carbonyl (C=O) groups excluding carboxylic acids is 3. The molecule has 3 heterocycles. The molecule has 180 valence electrons. The second-order valence-electron chi connectivity index (χ2n) is 9.17. The number of amides is 4. The van der Waals surface area contributed by atoms with Gasteiger partial charge in [-0.05, 0) is 31.2 Å². The molecule has 2 atom stereocenters. The van der Waals surface area contributed by atoms with E-state index in [-0.39, 0.29) is 23.8 Å². The predicted octanol–water partition coefficient (Wildman–Crippen LogP) is 1.26. The van der Waals surface area contributed by atoms with Crippen LogP contribution in [0, 0.1) is 5.92 Å². The predicted molar refractivity (Wildman–Crippen MR) is 121 cm³/mol. The lowest BCUT2D eigenvalue weighted by Gasteiger charge is -2.39. The van der Waals surface area contributed by atoms with Gasteiger partial charge in [0.05, 0.1) is 13.2 Å². The topological polar surface area (TPSA) is 91.4 Å². The zero-order valence-corrected chi connectivity index (χ0v) is 19.5. The van der Waals surface area contributed by atoms with E-state index in [1.54, 1.807) is 12.0 Å². The number of morpholine rings is 1. The first-order valence-electron chi connectivity index (χ1n) is 11.7. The Bertz CT molecular complexity index is 852. The minimum Gasteiger partial charge on any atom is -0.379 e. The lowest BCUT2D eigenvalue weighted by molar-refractivity contribution is -0.144. The van der Waals surface area contributed by atoms with E-state index in [1.165, 1.54) is 4.90 Å². The standard InChI is InChI=1S/C24H34N4O5/c1-24(22(30)28(23(31)25-24)13-12-26-14-16-33-17-15-26)19-8-10-27(11-9-19)21(29)20(32-2)18-6-4-3-5-7-18/h3-7,19-20H,8-17H2,1-2H3,(H,25,31). The third-order valence-corrected chi connectivity index (χ3v) is 7.23. The SMILES string of the molecule is COC(C(=O)N1CCC(C2(C)NC(=O)N(CCN3CCOCC3)C2=O)CC1)c1ccccc1. The summed E-state index contributed by atoms with van der Waals surface area (Å²) in [5.41, 5.74) is -0.106. The molecule has 3 aliphatic heterocycles. The Labute approximate surface area is 195 Å². The van der Waals surface area contributed by atoms with Crippen molar-refractivity contribution in [1.82, 2.24) is 20.0 Å². The maximum atomic E-state index is 13.3. The van der Waals surface area contributed by atoms with Gasteiger partial charge >= 0.3 is 6.03 Å². The molecule has 0 radical (unpaired) electrons. The zero-order valence-electron chi connectivity index (χ0n) is 19.5. The molecule has 0 spiro atoms. The first kappa shape index (κ1) is 23.7. The summed E-state index contributed by atoms with van der Waals surface area (Å²) in [7, 11) is 1.54. The number of ether oxygens (including phenoxy) is 2. The Balaban J connectivity index is 1.34. The average Bonchev–Trinajstić information content (AvgIpc) is 3.08. The van der Waals surface area contributed by atoms with Crippen LogP contribution in [0.3, 0.4) is 0 Å². The Morgan fingerprint density at radius 1 is 1.12 bits per heavy atom. The van der Waals surface area contributed by atoms with E-state index in [0.29, 0.717) is 52.2 Å². The van der Waals surface area contributed by atoms with Crippen molar-refractivity contribution in [3.05, 3.63) is 35.9 Å². The van der Waals surface area contributed by atoms with Gasteiger partial charge in [-0.3, -0.25) is 19.4 Å². The smallest absolute Gasteiger partial charge is 0.325 e. The zero-order chi connectivity index (χ0) is 23.4. The lowest BCUT2D eigenvalue weighted by Crippen LogP contribution is -2.55. The molecule has 33 heavy (non-hydrogen) atoms. The maximum absolute atomic E-state index is 13.3. The molecule has 3 saturated heterocycles. The summed E-state index contributed by atoms with van der Waals surface area (Å²) in [5, 5.41) is 2.96. The number of piperidine rings is 1. The minimum atomic E-state index is -0.933. The summed E-state index contributed by atoms with van der Waals surface area (Å²) in [6, 6.07) is 9.14. The van der Waals surface area contributed by atoms with Gasteiger partial charge in [-0.25, -0.2) is 4.79 Å². The fourth-order valence-corrected chi connectivity index (χ4v) is 5.11. The van der Waals surface area contributed by atoms with Crippen molar-refractivity contribution in [3.8, 4) is 0 Å². The number of hydrogen-bond donors (Lipinski definition) is 1. The molecule has 1 N–H and O–H groups in total. The van der Waals surface area contributed by atoms with Crippen molar-refractivity contribution >= 4 is 17.8 Å². The Morgan fingerprint density at radius 2 is 1.79 bits per heavy atom. The summed E-state index contributed by atoms with van der Waals surface area (Å²) >= 11 is 0. The molecule has 1 aromatic carbocycles. The van der Waals surface area contributed by atoms with Gasteiger partial charge in [-0.15, -0.1) is 0 Å².